The predicted molar refractivity (Wildman–Crippen MR) is 74.4 cm³/mol. The molecule has 0 aromatic heterocycles. The third-order valence-corrected chi connectivity index (χ3v) is 5.45. The summed E-state index contributed by atoms with van der Waals surface area (Å²) >= 11 is 0. The third kappa shape index (κ3) is 3.59. The number of nitrogens with zero attached hydrogens (tertiary/aromatic N) is 2. The van der Waals surface area contributed by atoms with Gasteiger partial charge in [0.1, 0.15) is 10.7 Å². The van der Waals surface area contributed by atoms with Gasteiger partial charge in [0.05, 0.1) is 6.07 Å². The molecule has 0 saturated carbocycles. The second-order valence-electron chi connectivity index (χ2n) is 4.80. The number of rotatable bonds is 5. The number of benzene rings is 1. The van der Waals surface area contributed by atoms with Crippen molar-refractivity contribution >= 4 is 10.0 Å². The first-order chi connectivity index (χ1) is 10.1. The molecule has 1 aliphatic rings. The van der Waals surface area contributed by atoms with Gasteiger partial charge in [-0.25, -0.2) is 12.8 Å². The van der Waals surface area contributed by atoms with Gasteiger partial charge in [-0.15, -0.1) is 0 Å². The maximum Gasteiger partial charge on any atom is 0.246 e. The Labute approximate surface area is 124 Å². The summed E-state index contributed by atoms with van der Waals surface area (Å²) in [7, 11) is -3.95. The number of ether oxygens (including phenoxy) is 1. The van der Waals surface area contributed by atoms with E-state index in [2.05, 4.69) is 0 Å². The lowest BCUT2D eigenvalue weighted by Gasteiger charge is -2.33. The molecule has 21 heavy (non-hydrogen) atoms. The Morgan fingerprint density at radius 2 is 2.00 bits per heavy atom. The largest absolute Gasteiger partial charge is 0.381 e. The zero-order valence-electron chi connectivity index (χ0n) is 11.5. The van der Waals surface area contributed by atoms with Crippen LogP contribution in [-0.2, 0) is 14.8 Å². The van der Waals surface area contributed by atoms with Crippen molar-refractivity contribution in [1.29, 1.82) is 5.26 Å². The summed E-state index contributed by atoms with van der Waals surface area (Å²) in [6, 6.07) is 7.00. The molecule has 0 radical (unpaired) electrons. The zero-order chi connectivity index (χ0) is 15.3. The van der Waals surface area contributed by atoms with Gasteiger partial charge >= 0.3 is 0 Å². The Morgan fingerprint density at radius 1 is 1.33 bits per heavy atom. The number of hydrogen-bond donors (Lipinski definition) is 0. The molecule has 0 unspecified atom stereocenters. The Hall–Kier alpha value is -1.49. The van der Waals surface area contributed by atoms with Crippen LogP contribution in [0.4, 0.5) is 4.39 Å². The molecule has 0 atom stereocenters. The van der Waals surface area contributed by atoms with E-state index in [0.717, 1.165) is 6.07 Å². The number of halogens is 1. The van der Waals surface area contributed by atoms with Crippen LogP contribution in [0.2, 0.25) is 0 Å². The lowest BCUT2D eigenvalue weighted by Crippen LogP contribution is -2.44. The second-order valence-corrected chi connectivity index (χ2v) is 6.66. The monoisotopic (exact) mass is 312 g/mol. The molecule has 1 fully saturated rings. The molecular formula is C14H17FN2O3S. The first-order valence-corrected chi connectivity index (χ1v) is 8.22. The second kappa shape index (κ2) is 6.98. The Balaban J connectivity index is 2.34. The van der Waals surface area contributed by atoms with Gasteiger partial charge in [-0.1, -0.05) is 12.1 Å². The SMILES string of the molecule is N#CCCN(C1CCOCC1)S(=O)(=O)c1ccccc1F. The molecule has 1 aliphatic heterocycles. The fourth-order valence-corrected chi connectivity index (χ4v) is 4.17. The van der Waals surface area contributed by atoms with E-state index in [0.29, 0.717) is 26.1 Å². The van der Waals surface area contributed by atoms with Crippen molar-refractivity contribution < 1.29 is 17.5 Å². The zero-order valence-corrected chi connectivity index (χ0v) is 12.4. The van der Waals surface area contributed by atoms with E-state index in [1.54, 1.807) is 0 Å². The lowest BCUT2D eigenvalue weighted by molar-refractivity contribution is 0.0588. The molecule has 1 aromatic rings. The van der Waals surface area contributed by atoms with Crippen molar-refractivity contribution in [2.45, 2.75) is 30.2 Å². The highest BCUT2D eigenvalue weighted by Crippen LogP contribution is 2.25. The number of hydrogen-bond acceptors (Lipinski definition) is 4. The summed E-state index contributed by atoms with van der Waals surface area (Å²) in [5, 5.41) is 8.73. The summed E-state index contributed by atoms with van der Waals surface area (Å²) in [6.07, 6.45) is 1.18. The van der Waals surface area contributed by atoms with Crippen molar-refractivity contribution in [3.8, 4) is 6.07 Å². The Morgan fingerprint density at radius 3 is 2.62 bits per heavy atom. The molecular weight excluding hydrogens is 295 g/mol. The van der Waals surface area contributed by atoms with Gasteiger partial charge in [-0.3, -0.25) is 0 Å². The molecule has 7 heteroatoms. The van der Waals surface area contributed by atoms with E-state index in [1.165, 1.54) is 22.5 Å². The van der Waals surface area contributed by atoms with E-state index in [9.17, 15) is 12.8 Å². The highest BCUT2D eigenvalue weighted by atomic mass is 32.2. The summed E-state index contributed by atoms with van der Waals surface area (Å²) < 4.78 is 45.7. The molecule has 0 amide bonds. The lowest BCUT2D eigenvalue weighted by atomic mass is 10.1. The molecule has 0 aliphatic carbocycles. The summed E-state index contributed by atoms with van der Waals surface area (Å²) in [5.41, 5.74) is 0. The Kier molecular flexibility index (Phi) is 5.28. The number of nitriles is 1. The van der Waals surface area contributed by atoms with Crippen LogP contribution in [0.1, 0.15) is 19.3 Å². The van der Waals surface area contributed by atoms with Crippen LogP contribution < -0.4 is 0 Å². The highest BCUT2D eigenvalue weighted by molar-refractivity contribution is 7.89. The van der Waals surface area contributed by atoms with Gasteiger partial charge in [0, 0.05) is 32.2 Å². The van der Waals surface area contributed by atoms with Gasteiger partial charge in [0.2, 0.25) is 10.0 Å². The van der Waals surface area contributed by atoms with E-state index >= 15 is 0 Å². The Bertz CT molecular complexity index is 621. The molecule has 1 aromatic carbocycles. The van der Waals surface area contributed by atoms with Crippen LogP contribution in [0.5, 0.6) is 0 Å². The predicted octanol–water partition coefficient (Wildman–Crippen LogP) is 1.91. The van der Waals surface area contributed by atoms with Gasteiger partial charge in [0.15, 0.2) is 0 Å². The van der Waals surface area contributed by atoms with Gasteiger partial charge < -0.3 is 4.74 Å². The number of sulfonamides is 1. The summed E-state index contributed by atoms with van der Waals surface area (Å²) in [5.74, 6) is -0.772. The average Bonchev–Trinajstić information content (AvgIpc) is 2.49. The highest BCUT2D eigenvalue weighted by Gasteiger charge is 2.33. The minimum absolute atomic E-state index is 0.0673. The molecule has 0 N–H and O–H groups in total. The summed E-state index contributed by atoms with van der Waals surface area (Å²) in [6.45, 7) is 1.01. The first-order valence-electron chi connectivity index (χ1n) is 6.78. The fraction of sp³-hybridized carbons (Fsp3) is 0.500. The average molecular weight is 312 g/mol. The smallest absolute Gasteiger partial charge is 0.246 e. The molecule has 1 saturated heterocycles. The van der Waals surface area contributed by atoms with Gasteiger partial charge in [0.25, 0.3) is 0 Å². The van der Waals surface area contributed by atoms with Crippen LogP contribution in [0.15, 0.2) is 29.2 Å². The topological polar surface area (TPSA) is 70.4 Å². The molecule has 5 nitrogen and oxygen atoms in total. The van der Waals surface area contributed by atoms with E-state index < -0.39 is 15.8 Å². The van der Waals surface area contributed by atoms with E-state index in [-0.39, 0.29) is 23.9 Å². The quantitative estimate of drug-likeness (QED) is 0.832. The third-order valence-electron chi connectivity index (χ3n) is 3.47. The van der Waals surface area contributed by atoms with Crippen molar-refractivity contribution in [2.24, 2.45) is 0 Å². The van der Waals surface area contributed by atoms with Crippen molar-refractivity contribution in [3.63, 3.8) is 0 Å². The molecule has 114 valence electrons. The van der Waals surface area contributed by atoms with E-state index in [1.807, 2.05) is 6.07 Å². The minimum atomic E-state index is -3.95. The van der Waals surface area contributed by atoms with Crippen LogP contribution >= 0.6 is 0 Å². The molecule has 2 rings (SSSR count). The van der Waals surface area contributed by atoms with Crippen LogP contribution in [0, 0.1) is 17.1 Å². The van der Waals surface area contributed by atoms with Crippen LogP contribution in [0.3, 0.4) is 0 Å². The summed E-state index contributed by atoms with van der Waals surface area (Å²) in [4.78, 5) is -0.338. The maximum atomic E-state index is 13.8. The van der Waals surface area contributed by atoms with Crippen molar-refractivity contribution in [2.75, 3.05) is 19.8 Å². The van der Waals surface area contributed by atoms with E-state index in [4.69, 9.17) is 10.00 Å². The normalized spacial score (nSPS) is 16.8. The first kappa shape index (κ1) is 15.9. The fourth-order valence-electron chi connectivity index (χ4n) is 2.41. The van der Waals surface area contributed by atoms with Crippen molar-refractivity contribution in [3.05, 3.63) is 30.1 Å². The molecule has 0 bridgehead atoms. The van der Waals surface area contributed by atoms with Gasteiger partial charge in [-0.05, 0) is 25.0 Å². The van der Waals surface area contributed by atoms with Crippen LogP contribution in [0.25, 0.3) is 0 Å². The molecule has 1 heterocycles. The van der Waals surface area contributed by atoms with Crippen LogP contribution in [-0.4, -0.2) is 38.5 Å². The standard InChI is InChI=1S/C14H17FN2O3S/c15-13-4-1-2-5-14(13)21(18,19)17(9-3-8-16)12-6-10-20-11-7-12/h1-2,4-5,12H,3,6-7,9-11H2. The minimum Gasteiger partial charge on any atom is -0.381 e. The van der Waals surface area contributed by atoms with Gasteiger partial charge in [-0.2, -0.15) is 9.57 Å². The maximum absolute atomic E-state index is 13.8. The molecule has 0 spiro atoms. The van der Waals surface area contributed by atoms with Crippen molar-refractivity contribution in [1.82, 2.24) is 4.31 Å².